The summed E-state index contributed by atoms with van der Waals surface area (Å²) in [5.41, 5.74) is 1.77. The van der Waals surface area contributed by atoms with Gasteiger partial charge >= 0.3 is 5.69 Å². The van der Waals surface area contributed by atoms with Crippen molar-refractivity contribution >= 4 is 40.5 Å². The highest BCUT2D eigenvalue weighted by atomic mass is 35.5. The van der Waals surface area contributed by atoms with Crippen molar-refractivity contribution in [1.82, 2.24) is 4.90 Å². The third kappa shape index (κ3) is 6.28. The van der Waals surface area contributed by atoms with E-state index in [0.717, 1.165) is 5.69 Å². The summed E-state index contributed by atoms with van der Waals surface area (Å²) in [7, 11) is 1.52. The van der Waals surface area contributed by atoms with Gasteiger partial charge in [-0.15, -0.1) is 0 Å². The van der Waals surface area contributed by atoms with Crippen LogP contribution in [0.3, 0.4) is 0 Å². The van der Waals surface area contributed by atoms with E-state index >= 15 is 0 Å². The van der Waals surface area contributed by atoms with Crippen LogP contribution in [0.25, 0.3) is 0 Å². The van der Waals surface area contributed by atoms with E-state index in [0.29, 0.717) is 48.2 Å². The van der Waals surface area contributed by atoms with Crippen molar-refractivity contribution in [3.8, 4) is 11.5 Å². The molecule has 0 saturated carbocycles. The number of carbonyl (C=O) groups excluding carboxylic acids is 2. The normalized spacial score (nSPS) is 13.1. The zero-order valence-electron chi connectivity index (χ0n) is 20.1. The highest BCUT2D eigenvalue weighted by Gasteiger charge is 2.25. The summed E-state index contributed by atoms with van der Waals surface area (Å²) >= 11 is 6.08. The monoisotopic (exact) mass is 524 g/mol. The van der Waals surface area contributed by atoms with Crippen molar-refractivity contribution in [3.05, 3.63) is 87.4 Å². The molecule has 0 bridgehead atoms. The molecule has 1 heterocycles. The number of anilines is 2. The highest BCUT2D eigenvalue weighted by molar-refractivity contribution is 6.31. The summed E-state index contributed by atoms with van der Waals surface area (Å²) in [4.78, 5) is 39.7. The van der Waals surface area contributed by atoms with Gasteiger partial charge in [-0.25, -0.2) is 0 Å². The Labute approximate surface area is 218 Å². The van der Waals surface area contributed by atoms with Crippen LogP contribution in [0.5, 0.6) is 11.5 Å². The number of halogens is 1. The first-order valence-electron chi connectivity index (χ1n) is 11.5. The smallest absolute Gasteiger partial charge is 0.310 e. The number of nitrogens with one attached hydrogen (secondary N) is 1. The van der Waals surface area contributed by atoms with Crippen LogP contribution < -0.4 is 19.7 Å². The second kappa shape index (κ2) is 11.6. The fourth-order valence-corrected chi connectivity index (χ4v) is 4.18. The number of hydrogen-bond acceptors (Lipinski definition) is 7. The number of para-hydroxylation sites is 2. The van der Waals surface area contributed by atoms with E-state index in [1.807, 2.05) is 12.1 Å². The van der Waals surface area contributed by atoms with Crippen LogP contribution in [0.4, 0.5) is 17.1 Å². The lowest BCUT2D eigenvalue weighted by molar-refractivity contribution is -0.385. The molecular formula is C26H25ClN4O6. The lowest BCUT2D eigenvalue weighted by Gasteiger charge is -2.36. The molecule has 0 aliphatic carbocycles. The Bertz CT molecular complexity index is 1290. The molecule has 0 atom stereocenters. The first kappa shape index (κ1) is 25.8. The zero-order chi connectivity index (χ0) is 26.4. The Hall–Kier alpha value is -4.31. The first-order chi connectivity index (χ1) is 17.9. The minimum absolute atomic E-state index is 0.0319. The second-order valence-electron chi connectivity index (χ2n) is 8.23. The Kier molecular flexibility index (Phi) is 8.09. The number of nitrogens with zero attached hydrogens (tertiary/aromatic N) is 3. The van der Waals surface area contributed by atoms with Gasteiger partial charge in [0.25, 0.3) is 11.8 Å². The van der Waals surface area contributed by atoms with Gasteiger partial charge in [0.05, 0.1) is 17.6 Å². The predicted octanol–water partition coefficient (Wildman–Crippen LogP) is 4.24. The zero-order valence-corrected chi connectivity index (χ0v) is 20.8. The number of piperazine rings is 1. The van der Waals surface area contributed by atoms with Gasteiger partial charge in [-0.3, -0.25) is 19.7 Å². The SMILES string of the molecule is COc1ccc(Cl)cc1C(=O)N1CCN(c2ccc(NC(=O)COc3ccccc3[N+](=O)[O-])cc2)CC1. The lowest BCUT2D eigenvalue weighted by atomic mass is 10.1. The molecule has 0 unspecified atom stereocenters. The Balaban J connectivity index is 1.29. The molecule has 0 aromatic heterocycles. The summed E-state index contributed by atoms with van der Waals surface area (Å²) in [6.45, 7) is 2.00. The minimum atomic E-state index is -0.560. The molecule has 10 nitrogen and oxygen atoms in total. The van der Waals surface area contributed by atoms with E-state index in [1.165, 1.54) is 25.3 Å². The minimum Gasteiger partial charge on any atom is -0.496 e. The van der Waals surface area contributed by atoms with E-state index in [4.69, 9.17) is 21.1 Å². The van der Waals surface area contributed by atoms with Crippen molar-refractivity contribution in [2.45, 2.75) is 0 Å². The van der Waals surface area contributed by atoms with Gasteiger partial charge < -0.3 is 24.6 Å². The molecule has 192 valence electrons. The van der Waals surface area contributed by atoms with Crippen LogP contribution in [0.15, 0.2) is 66.7 Å². The quantitative estimate of drug-likeness (QED) is 0.346. The van der Waals surface area contributed by atoms with Crippen LogP contribution in [0, 0.1) is 10.1 Å². The molecule has 1 aliphatic rings. The number of carbonyl (C=O) groups is 2. The number of hydrogen-bond donors (Lipinski definition) is 1. The lowest BCUT2D eigenvalue weighted by Crippen LogP contribution is -2.48. The molecule has 1 aliphatic heterocycles. The van der Waals surface area contributed by atoms with Crippen molar-refractivity contribution < 1.29 is 24.0 Å². The van der Waals surface area contributed by atoms with Gasteiger partial charge in [0.1, 0.15) is 5.75 Å². The molecule has 0 radical (unpaired) electrons. The topological polar surface area (TPSA) is 114 Å². The van der Waals surface area contributed by atoms with E-state index in [9.17, 15) is 19.7 Å². The molecule has 1 fully saturated rings. The largest absolute Gasteiger partial charge is 0.496 e. The molecule has 0 spiro atoms. The van der Waals surface area contributed by atoms with E-state index in [-0.39, 0.29) is 24.0 Å². The van der Waals surface area contributed by atoms with Gasteiger partial charge in [0.15, 0.2) is 12.4 Å². The molecule has 1 N–H and O–H groups in total. The van der Waals surface area contributed by atoms with Crippen molar-refractivity contribution in [3.63, 3.8) is 0 Å². The van der Waals surface area contributed by atoms with Gasteiger partial charge in [-0.1, -0.05) is 23.7 Å². The van der Waals surface area contributed by atoms with Crippen molar-refractivity contribution in [2.24, 2.45) is 0 Å². The first-order valence-corrected chi connectivity index (χ1v) is 11.9. The number of amides is 2. The van der Waals surface area contributed by atoms with Crippen LogP contribution in [-0.2, 0) is 4.79 Å². The van der Waals surface area contributed by atoms with Crippen LogP contribution in [-0.4, -0.2) is 61.5 Å². The highest BCUT2D eigenvalue weighted by Crippen LogP contribution is 2.27. The Morgan fingerprint density at radius 2 is 1.70 bits per heavy atom. The molecule has 2 amide bonds. The summed E-state index contributed by atoms with van der Waals surface area (Å²) < 4.78 is 10.6. The fraction of sp³-hybridized carbons (Fsp3) is 0.231. The van der Waals surface area contributed by atoms with Gasteiger partial charge in [0.2, 0.25) is 0 Å². The predicted molar refractivity (Wildman–Crippen MR) is 140 cm³/mol. The van der Waals surface area contributed by atoms with Crippen LogP contribution >= 0.6 is 11.6 Å². The Morgan fingerprint density at radius 3 is 2.38 bits per heavy atom. The van der Waals surface area contributed by atoms with Crippen LogP contribution in [0.1, 0.15) is 10.4 Å². The Morgan fingerprint density at radius 1 is 1.00 bits per heavy atom. The maximum Gasteiger partial charge on any atom is 0.310 e. The van der Waals surface area contributed by atoms with E-state index in [1.54, 1.807) is 41.3 Å². The van der Waals surface area contributed by atoms with Crippen molar-refractivity contribution in [2.75, 3.05) is 50.1 Å². The number of methoxy groups -OCH3 is 1. The standard InChI is InChI=1S/C26H25ClN4O6/c1-36-23-11-6-18(27)16-21(23)26(33)30-14-12-29(13-15-30)20-9-7-19(8-10-20)28-25(32)17-37-24-5-3-2-4-22(24)31(34)35/h2-11,16H,12-15,17H2,1H3,(H,28,32). The molecule has 1 saturated heterocycles. The van der Waals surface area contributed by atoms with Gasteiger partial charge in [-0.05, 0) is 48.5 Å². The third-order valence-electron chi connectivity index (χ3n) is 5.90. The van der Waals surface area contributed by atoms with E-state index in [2.05, 4.69) is 10.2 Å². The summed E-state index contributed by atoms with van der Waals surface area (Å²) in [5.74, 6) is -0.0409. The number of nitro groups is 1. The average Bonchev–Trinajstić information content (AvgIpc) is 2.92. The summed E-state index contributed by atoms with van der Waals surface area (Å²) in [5, 5.41) is 14.3. The average molecular weight is 525 g/mol. The molecule has 3 aromatic carbocycles. The summed E-state index contributed by atoms with van der Waals surface area (Å²) in [6, 6.07) is 18.2. The third-order valence-corrected chi connectivity index (χ3v) is 6.13. The number of nitro benzene ring substituents is 1. The molecule has 3 aromatic rings. The van der Waals surface area contributed by atoms with Crippen molar-refractivity contribution in [1.29, 1.82) is 0 Å². The van der Waals surface area contributed by atoms with Gasteiger partial charge in [0, 0.05) is 48.6 Å². The molecular weight excluding hydrogens is 500 g/mol. The maximum atomic E-state index is 13.0. The van der Waals surface area contributed by atoms with Gasteiger partial charge in [-0.2, -0.15) is 0 Å². The van der Waals surface area contributed by atoms with Crippen LogP contribution in [0.2, 0.25) is 5.02 Å². The fourth-order valence-electron chi connectivity index (χ4n) is 4.01. The second-order valence-corrected chi connectivity index (χ2v) is 8.67. The number of ether oxygens (including phenoxy) is 2. The molecule has 11 heteroatoms. The molecule has 4 rings (SSSR count). The number of benzene rings is 3. The van der Waals surface area contributed by atoms with E-state index < -0.39 is 10.8 Å². The summed E-state index contributed by atoms with van der Waals surface area (Å²) in [6.07, 6.45) is 0. The maximum absolute atomic E-state index is 13.0. The number of rotatable bonds is 8. The molecule has 37 heavy (non-hydrogen) atoms.